The van der Waals surface area contributed by atoms with Crippen LogP contribution in [0.4, 0.5) is 5.82 Å². The number of fused-ring (bicyclic) bond motifs is 1. The van der Waals surface area contributed by atoms with Gasteiger partial charge in [0.2, 0.25) is 5.91 Å². The Balaban J connectivity index is 1.54. The van der Waals surface area contributed by atoms with E-state index in [1.54, 1.807) is 17.8 Å². The van der Waals surface area contributed by atoms with E-state index in [1.807, 2.05) is 17.0 Å². The minimum Gasteiger partial charge on any atom is -0.356 e. The van der Waals surface area contributed by atoms with Gasteiger partial charge in [-0.3, -0.25) is 14.2 Å². The summed E-state index contributed by atoms with van der Waals surface area (Å²) in [5, 5.41) is 3.08. The first-order chi connectivity index (χ1) is 14.0. The number of rotatable bonds is 8. The average Bonchev–Trinajstić information content (AvgIpc) is 2.76. The number of nitrogens with one attached hydrogen (secondary N) is 1. The Morgan fingerprint density at radius 3 is 2.69 bits per heavy atom. The highest BCUT2D eigenvalue weighted by Crippen LogP contribution is 2.21. The summed E-state index contributed by atoms with van der Waals surface area (Å²) in [6.07, 6.45) is 4.10. The second-order valence-corrected chi connectivity index (χ2v) is 7.58. The molecule has 0 bridgehead atoms. The fourth-order valence-corrected chi connectivity index (χ4v) is 3.90. The Morgan fingerprint density at radius 2 is 2.00 bits per heavy atom. The Hall–Kier alpha value is -2.48. The molecular formula is C21H32N6O2. The summed E-state index contributed by atoms with van der Waals surface area (Å²) in [5.41, 5.74) is 1.15. The third-order valence-electron chi connectivity index (χ3n) is 5.82. The molecule has 3 heterocycles. The summed E-state index contributed by atoms with van der Waals surface area (Å²) in [7, 11) is 1.72. The zero-order chi connectivity index (χ0) is 20.8. The number of hydrogen-bond donors (Lipinski definition) is 1. The van der Waals surface area contributed by atoms with Gasteiger partial charge in [0.05, 0.1) is 0 Å². The smallest absolute Gasteiger partial charge is 0.294 e. The molecule has 0 aromatic carbocycles. The third-order valence-corrected chi connectivity index (χ3v) is 5.82. The minimum atomic E-state index is -0.143. The molecule has 0 radical (unpaired) electrons. The van der Waals surface area contributed by atoms with Crippen molar-refractivity contribution in [3.63, 3.8) is 0 Å². The van der Waals surface area contributed by atoms with E-state index in [9.17, 15) is 9.59 Å². The Kier molecular flexibility index (Phi) is 7.19. The summed E-state index contributed by atoms with van der Waals surface area (Å²) in [6.45, 7) is 9.45. The second kappa shape index (κ2) is 9.82. The van der Waals surface area contributed by atoms with Crippen LogP contribution in [-0.2, 0) is 11.8 Å². The molecule has 1 saturated heterocycles. The molecule has 2 aromatic heterocycles. The zero-order valence-corrected chi connectivity index (χ0v) is 17.7. The number of carbonyl (C=O) groups is 1. The molecule has 158 valence electrons. The van der Waals surface area contributed by atoms with E-state index in [0.717, 1.165) is 45.4 Å². The molecular weight excluding hydrogens is 368 g/mol. The van der Waals surface area contributed by atoms with Gasteiger partial charge < -0.3 is 15.1 Å². The van der Waals surface area contributed by atoms with Gasteiger partial charge in [0, 0.05) is 38.8 Å². The standard InChI is InChI=1S/C21H32N6O2/c1-4-26(5-2)13-7-12-23-20(28)16-9-14-27(15-10-16)19-21(29)25(3)18-17(24-19)8-6-11-22-18/h6,8,11,16H,4-5,7,9-10,12-15H2,1-3H3,(H,23,28). The number of pyridine rings is 1. The minimum absolute atomic E-state index is 0.00526. The van der Waals surface area contributed by atoms with Crippen molar-refractivity contribution in [2.75, 3.05) is 44.2 Å². The van der Waals surface area contributed by atoms with Crippen LogP contribution < -0.4 is 15.8 Å². The van der Waals surface area contributed by atoms with Crippen LogP contribution in [0.15, 0.2) is 23.1 Å². The van der Waals surface area contributed by atoms with Crippen LogP contribution in [0, 0.1) is 5.92 Å². The predicted molar refractivity (Wildman–Crippen MR) is 115 cm³/mol. The highest BCUT2D eigenvalue weighted by molar-refractivity contribution is 5.79. The van der Waals surface area contributed by atoms with Gasteiger partial charge in [-0.25, -0.2) is 9.97 Å². The van der Waals surface area contributed by atoms with Gasteiger partial charge in [0.25, 0.3) is 5.56 Å². The number of aryl methyl sites for hydroxylation is 1. The molecule has 8 heteroatoms. The average molecular weight is 401 g/mol. The van der Waals surface area contributed by atoms with Crippen LogP contribution in [0.5, 0.6) is 0 Å². The Labute approximate surface area is 171 Å². The molecule has 1 aliphatic heterocycles. The number of amides is 1. The first-order valence-corrected chi connectivity index (χ1v) is 10.6. The molecule has 8 nitrogen and oxygen atoms in total. The largest absolute Gasteiger partial charge is 0.356 e. The first kappa shape index (κ1) is 21.2. The van der Waals surface area contributed by atoms with Crippen LogP contribution in [0.3, 0.4) is 0 Å². The van der Waals surface area contributed by atoms with Crippen molar-refractivity contribution in [2.24, 2.45) is 13.0 Å². The first-order valence-electron chi connectivity index (χ1n) is 10.6. The van der Waals surface area contributed by atoms with E-state index in [1.165, 1.54) is 0 Å². The summed E-state index contributed by atoms with van der Waals surface area (Å²) < 4.78 is 1.55. The predicted octanol–water partition coefficient (Wildman–Crippen LogP) is 1.39. The van der Waals surface area contributed by atoms with Gasteiger partial charge in [-0.05, 0) is 51.0 Å². The molecule has 1 amide bonds. The Morgan fingerprint density at radius 1 is 1.28 bits per heavy atom. The molecule has 1 N–H and O–H groups in total. The van der Waals surface area contributed by atoms with E-state index in [4.69, 9.17) is 0 Å². The monoisotopic (exact) mass is 400 g/mol. The van der Waals surface area contributed by atoms with E-state index >= 15 is 0 Å². The van der Waals surface area contributed by atoms with Crippen molar-refractivity contribution >= 4 is 22.9 Å². The fraction of sp³-hybridized carbons (Fsp3) is 0.619. The summed E-state index contributed by atoms with van der Waals surface area (Å²) in [6, 6.07) is 3.68. The summed E-state index contributed by atoms with van der Waals surface area (Å²) in [5.74, 6) is 0.588. The van der Waals surface area contributed by atoms with E-state index in [-0.39, 0.29) is 17.4 Å². The summed E-state index contributed by atoms with van der Waals surface area (Å²) >= 11 is 0. The quantitative estimate of drug-likeness (QED) is 0.675. The summed E-state index contributed by atoms with van der Waals surface area (Å²) in [4.78, 5) is 38.4. The number of aromatic nitrogens is 3. The second-order valence-electron chi connectivity index (χ2n) is 7.58. The van der Waals surface area contributed by atoms with Crippen molar-refractivity contribution < 1.29 is 4.79 Å². The molecule has 0 spiro atoms. The lowest BCUT2D eigenvalue weighted by Gasteiger charge is -2.32. The lowest BCUT2D eigenvalue weighted by Crippen LogP contribution is -2.43. The van der Waals surface area contributed by atoms with Crippen LogP contribution in [0.25, 0.3) is 11.2 Å². The molecule has 3 rings (SSSR count). The van der Waals surface area contributed by atoms with E-state index in [2.05, 4.69) is 34.0 Å². The molecule has 1 fully saturated rings. The molecule has 2 aromatic rings. The van der Waals surface area contributed by atoms with Crippen LogP contribution in [-0.4, -0.2) is 64.6 Å². The normalized spacial score (nSPS) is 15.2. The number of piperidine rings is 1. The number of hydrogen-bond acceptors (Lipinski definition) is 6. The molecule has 0 atom stereocenters. The van der Waals surface area contributed by atoms with Gasteiger partial charge in [0.15, 0.2) is 11.5 Å². The molecule has 29 heavy (non-hydrogen) atoms. The lowest BCUT2D eigenvalue weighted by molar-refractivity contribution is -0.125. The number of anilines is 1. The maximum Gasteiger partial charge on any atom is 0.294 e. The van der Waals surface area contributed by atoms with Crippen molar-refractivity contribution in [1.29, 1.82) is 0 Å². The fourth-order valence-electron chi connectivity index (χ4n) is 3.90. The molecule has 0 unspecified atom stereocenters. The highest BCUT2D eigenvalue weighted by atomic mass is 16.2. The van der Waals surface area contributed by atoms with Gasteiger partial charge in [-0.2, -0.15) is 0 Å². The lowest BCUT2D eigenvalue weighted by atomic mass is 9.96. The SMILES string of the molecule is CCN(CC)CCCNC(=O)C1CCN(c2nc3cccnc3n(C)c2=O)CC1. The highest BCUT2D eigenvalue weighted by Gasteiger charge is 2.27. The third kappa shape index (κ3) is 4.93. The maximum atomic E-state index is 12.7. The van der Waals surface area contributed by atoms with Gasteiger partial charge in [0.1, 0.15) is 5.52 Å². The Bertz CT molecular complexity index is 884. The van der Waals surface area contributed by atoms with E-state index in [0.29, 0.717) is 30.1 Å². The number of nitrogens with zero attached hydrogens (tertiary/aromatic N) is 5. The topological polar surface area (TPSA) is 83.4 Å². The number of carbonyl (C=O) groups excluding carboxylic acids is 1. The maximum absolute atomic E-state index is 12.7. The zero-order valence-electron chi connectivity index (χ0n) is 17.7. The van der Waals surface area contributed by atoms with Crippen LogP contribution >= 0.6 is 0 Å². The molecule has 1 aliphatic rings. The van der Waals surface area contributed by atoms with Crippen molar-refractivity contribution in [1.82, 2.24) is 24.8 Å². The van der Waals surface area contributed by atoms with E-state index < -0.39 is 0 Å². The van der Waals surface area contributed by atoms with Crippen molar-refractivity contribution in [3.8, 4) is 0 Å². The molecule has 0 saturated carbocycles. The van der Waals surface area contributed by atoms with Crippen LogP contribution in [0.1, 0.15) is 33.1 Å². The van der Waals surface area contributed by atoms with Gasteiger partial charge in [-0.15, -0.1) is 0 Å². The van der Waals surface area contributed by atoms with Crippen molar-refractivity contribution in [2.45, 2.75) is 33.1 Å². The molecule has 0 aliphatic carbocycles. The van der Waals surface area contributed by atoms with Crippen molar-refractivity contribution in [3.05, 3.63) is 28.7 Å². The van der Waals surface area contributed by atoms with Gasteiger partial charge in [-0.1, -0.05) is 13.8 Å². The van der Waals surface area contributed by atoms with Gasteiger partial charge >= 0.3 is 0 Å². The van der Waals surface area contributed by atoms with Crippen LogP contribution in [0.2, 0.25) is 0 Å².